The van der Waals surface area contributed by atoms with Gasteiger partial charge in [-0.25, -0.2) is 4.79 Å². The summed E-state index contributed by atoms with van der Waals surface area (Å²) >= 11 is 5.51. The average molecular weight is 309 g/mol. The standard InChI is InChI=1S/C13H16ClF3N2O/c1-2-3-6-18-12(20)19-8-9-4-5-11(14)10(7-9)13(15,16)17/h4-5,7H,2-3,6,8H2,1H3,(H2,18,19,20). The number of amides is 2. The Morgan fingerprint density at radius 1 is 1.30 bits per heavy atom. The summed E-state index contributed by atoms with van der Waals surface area (Å²) in [7, 11) is 0. The first kappa shape index (κ1) is 16.6. The van der Waals surface area contributed by atoms with Gasteiger partial charge in [0.25, 0.3) is 0 Å². The van der Waals surface area contributed by atoms with Crippen molar-refractivity contribution in [2.75, 3.05) is 6.54 Å². The smallest absolute Gasteiger partial charge is 0.338 e. The van der Waals surface area contributed by atoms with Crippen LogP contribution in [0.5, 0.6) is 0 Å². The SMILES string of the molecule is CCCCNC(=O)NCc1ccc(Cl)c(C(F)(F)F)c1. The number of carbonyl (C=O) groups is 1. The zero-order valence-electron chi connectivity index (χ0n) is 11.0. The highest BCUT2D eigenvalue weighted by Crippen LogP contribution is 2.35. The molecule has 0 aliphatic carbocycles. The van der Waals surface area contributed by atoms with E-state index < -0.39 is 17.8 Å². The fraction of sp³-hybridized carbons (Fsp3) is 0.462. The molecular formula is C13H16ClF3N2O. The summed E-state index contributed by atoms with van der Waals surface area (Å²) in [4.78, 5) is 11.4. The van der Waals surface area contributed by atoms with Crippen molar-refractivity contribution in [1.29, 1.82) is 0 Å². The molecule has 0 saturated heterocycles. The van der Waals surface area contributed by atoms with Crippen molar-refractivity contribution in [3.8, 4) is 0 Å². The van der Waals surface area contributed by atoms with Gasteiger partial charge in [0.2, 0.25) is 0 Å². The van der Waals surface area contributed by atoms with E-state index in [1.807, 2.05) is 6.92 Å². The van der Waals surface area contributed by atoms with Crippen molar-refractivity contribution in [3.05, 3.63) is 34.3 Å². The number of unbranched alkanes of at least 4 members (excludes halogenated alkanes) is 1. The molecule has 7 heteroatoms. The second-order valence-corrected chi connectivity index (χ2v) is 4.68. The molecule has 112 valence electrons. The van der Waals surface area contributed by atoms with E-state index in [0.29, 0.717) is 12.1 Å². The quantitative estimate of drug-likeness (QED) is 0.794. The van der Waals surface area contributed by atoms with E-state index in [0.717, 1.165) is 18.9 Å². The van der Waals surface area contributed by atoms with Crippen molar-refractivity contribution < 1.29 is 18.0 Å². The molecule has 1 rings (SSSR count). The van der Waals surface area contributed by atoms with Crippen molar-refractivity contribution in [3.63, 3.8) is 0 Å². The fourth-order valence-corrected chi connectivity index (χ4v) is 1.75. The van der Waals surface area contributed by atoms with Gasteiger partial charge in [-0.2, -0.15) is 13.2 Å². The molecule has 2 N–H and O–H groups in total. The molecule has 3 nitrogen and oxygen atoms in total. The van der Waals surface area contributed by atoms with Gasteiger partial charge in [-0.3, -0.25) is 0 Å². The third kappa shape index (κ3) is 5.28. The van der Waals surface area contributed by atoms with E-state index in [4.69, 9.17) is 11.6 Å². The van der Waals surface area contributed by atoms with Crippen molar-refractivity contribution in [2.45, 2.75) is 32.5 Å². The van der Waals surface area contributed by atoms with Crippen LogP contribution in [0, 0.1) is 0 Å². The average Bonchev–Trinajstić information content (AvgIpc) is 2.36. The molecule has 0 atom stereocenters. The summed E-state index contributed by atoms with van der Waals surface area (Å²) in [6.07, 6.45) is -2.70. The summed E-state index contributed by atoms with van der Waals surface area (Å²) in [5.74, 6) is 0. The Morgan fingerprint density at radius 3 is 2.60 bits per heavy atom. The molecule has 20 heavy (non-hydrogen) atoms. The van der Waals surface area contributed by atoms with Crippen LogP contribution in [-0.2, 0) is 12.7 Å². The van der Waals surface area contributed by atoms with Gasteiger partial charge >= 0.3 is 12.2 Å². The Balaban J connectivity index is 2.59. The molecule has 0 unspecified atom stereocenters. The second-order valence-electron chi connectivity index (χ2n) is 4.27. The third-order valence-corrected chi connectivity index (χ3v) is 2.93. The van der Waals surface area contributed by atoms with E-state index >= 15 is 0 Å². The lowest BCUT2D eigenvalue weighted by molar-refractivity contribution is -0.137. The minimum Gasteiger partial charge on any atom is -0.338 e. The monoisotopic (exact) mass is 308 g/mol. The molecule has 0 aromatic heterocycles. The van der Waals surface area contributed by atoms with Crippen LogP contribution in [0.15, 0.2) is 18.2 Å². The van der Waals surface area contributed by atoms with Crippen LogP contribution in [-0.4, -0.2) is 12.6 Å². The number of hydrogen-bond donors (Lipinski definition) is 2. The first-order chi connectivity index (χ1) is 9.34. The Hall–Kier alpha value is -1.43. The molecule has 0 bridgehead atoms. The highest BCUT2D eigenvalue weighted by atomic mass is 35.5. The van der Waals surface area contributed by atoms with Gasteiger partial charge in [-0.1, -0.05) is 31.0 Å². The van der Waals surface area contributed by atoms with Crippen molar-refractivity contribution in [1.82, 2.24) is 10.6 Å². The lowest BCUT2D eigenvalue weighted by Crippen LogP contribution is -2.35. The highest BCUT2D eigenvalue weighted by Gasteiger charge is 2.33. The number of nitrogens with one attached hydrogen (secondary N) is 2. The van der Waals surface area contributed by atoms with E-state index in [1.54, 1.807) is 0 Å². The molecule has 2 amide bonds. The summed E-state index contributed by atoms with van der Waals surface area (Å²) in [5, 5.41) is 4.75. The van der Waals surface area contributed by atoms with Gasteiger partial charge in [-0.05, 0) is 24.1 Å². The maximum Gasteiger partial charge on any atom is 0.417 e. The molecule has 1 aromatic rings. The van der Waals surface area contributed by atoms with Gasteiger partial charge < -0.3 is 10.6 Å². The van der Waals surface area contributed by atoms with Crippen LogP contribution < -0.4 is 10.6 Å². The normalized spacial score (nSPS) is 11.2. The van der Waals surface area contributed by atoms with E-state index in [2.05, 4.69) is 10.6 Å². The minimum absolute atomic E-state index is 0.0121. The van der Waals surface area contributed by atoms with Crippen LogP contribution in [0.25, 0.3) is 0 Å². The molecule has 1 aromatic carbocycles. The van der Waals surface area contributed by atoms with Crippen molar-refractivity contribution >= 4 is 17.6 Å². The second kappa shape index (κ2) is 7.38. The molecule has 0 aliphatic heterocycles. The highest BCUT2D eigenvalue weighted by molar-refractivity contribution is 6.31. The molecule has 0 heterocycles. The Bertz CT molecular complexity index is 463. The lowest BCUT2D eigenvalue weighted by Gasteiger charge is -2.12. The summed E-state index contributed by atoms with van der Waals surface area (Å²) in [6.45, 7) is 2.54. The lowest BCUT2D eigenvalue weighted by atomic mass is 10.1. The molecule has 0 radical (unpaired) electrons. The Labute approximate surface area is 120 Å². The number of urea groups is 1. The van der Waals surface area contributed by atoms with E-state index in [1.165, 1.54) is 12.1 Å². The largest absolute Gasteiger partial charge is 0.417 e. The molecule has 0 aliphatic rings. The number of carbonyl (C=O) groups excluding carboxylic acids is 1. The summed E-state index contributed by atoms with van der Waals surface area (Å²) < 4.78 is 37.9. The number of benzene rings is 1. The van der Waals surface area contributed by atoms with Gasteiger partial charge in [-0.15, -0.1) is 0 Å². The van der Waals surface area contributed by atoms with Crippen LogP contribution in [0.1, 0.15) is 30.9 Å². The van der Waals surface area contributed by atoms with E-state index in [9.17, 15) is 18.0 Å². The number of alkyl halides is 3. The molecule has 0 spiro atoms. The molecule has 0 saturated carbocycles. The van der Waals surface area contributed by atoms with Gasteiger partial charge in [0, 0.05) is 13.1 Å². The topological polar surface area (TPSA) is 41.1 Å². The minimum atomic E-state index is -4.50. The van der Waals surface area contributed by atoms with Gasteiger partial charge in [0.15, 0.2) is 0 Å². The molecule has 0 fully saturated rings. The van der Waals surface area contributed by atoms with Gasteiger partial charge in [0.05, 0.1) is 10.6 Å². The Morgan fingerprint density at radius 2 is 2.00 bits per heavy atom. The van der Waals surface area contributed by atoms with Gasteiger partial charge in [0.1, 0.15) is 0 Å². The number of hydrogen-bond acceptors (Lipinski definition) is 1. The maximum absolute atomic E-state index is 12.6. The first-order valence-corrected chi connectivity index (χ1v) is 6.59. The van der Waals surface area contributed by atoms with Crippen LogP contribution in [0.3, 0.4) is 0 Å². The predicted molar refractivity (Wildman–Crippen MR) is 71.6 cm³/mol. The summed E-state index contributed by atoms with van der Waals surface area (Å²) in [6, 6.07) is 3.16. The zero-order valence-corrected chi connectivity index (χ0v) is 11.7. The predicted octanol–water partition coefficient (Wildman–Crippen LogP) is 3.96. The van der Waals surface area contributed by atoms with Crippen LogP contribution in [0.2, 0.25) is 5.02 Å². The maximum atomic E-state index is 12.6. The fourth-order valence-electron chi connectivity index (χ4n) is 1.52. The third-order valence-electron chi connectivity index (χ3n) is 2.61. The summed E-state index contributed by atoms with van der Waals surface area (Å²) in [5.41, 5.74) is -0.558. The van der Waals surface area contributed by atoms with Crippen LogP contribution in [0.4, 0.5) is 18.0 Å². The number of halogens is 4. The van der Waals surface area contributed by atoms with E-state index in [-0.39, 0.29) is 11.6 Å². The van der Waals surface area contributed by atoms with Crippen LogP contribution >= 0.6 is 11.6 Å². The number of rotatable bonds is 5. The Kier molecular flexibility index (Phi) is 6.13. The van der Waals surface area contributed by atoms with Crippen molar-refractivity contribution in [2.24, 2.45) is 0 Å². The first-order valence-electron chi connectivity index (χ1n) is 6.22. The molecular weight excluding hydrogens is 293 g/mol. The zero-order chi connectivity index (χ0) is 15.2.